The summed E-state index contributed by atoms with van der Waals surface area (Å²) in [5, 5.41) is 3.60. The van der Waals surface area contributed by atoms with Gasteiger partial charge < -0.3 is 10.3 Å². The fraction of sp³-hybridized carbons (Fsp3) is 0.308. The largest absolute Gasteiger partial charge is 0.360 e. The molecule has 1 heterocycles. The Hall–Kier alpha value is -1.77. The van der Waals surface area contributed by atoms with Crippen molar-refractivity contribution in [1.82, 2.24) is 10.3 Å². The van der Waals surface area contributed by atoms with Crippen LogP contribution in [0.4, 0.5) is 0 Å². The lowest BCUT2D eigenvalue weighted by atomic mass is 10.1. The van der Waals surface area contributed by atoms with Crippen LogP contribution in [0.15, 0.2) is 24.4 Å². The Morgan fingerprint density at radius 2 is 2.00 bits per heavy atom. The van der Waals surface area contributed by atoms with E-state index >= 15 is 0 Å². The minimum atomic E-state index is -0.0538. The van der Waals surface area contributed by atoms with E-state index in [9.17, 15) is 4.79 Å². The second-order valence-corrected chi connectivity index (χ2v) is 3.33. The maximum atomic E-state index is 11.5. The van der Waals surface area contributed by atoms with Crippen molar-refractivity contribution in [3.05, 3.63) is 35.5 Å². The highest BCUT2D eigenvalue weighted by Crippen LogP contribution is 2.19. The molecular formula is C13H18N2O. The lowest BCUT2D eigenvalue weighted by molar-refractivity contribution is 0.0965. The van der Waals surface area contributed by atoms with E-state index in [2.05, 4.69) is 10.3 Å². The molecule has 0 bridgehead atoms. The topological polar surface area (TPSA) is 44.9 Å². The number of amides is 1. The number of hydrogen-bond acceptors (Lipinski definition) is 1. The number of aryl methyl sites for hydroxylation is 1. The number of hydrogen-bond donors (Lipinski definition) is 2. The molecule has 0 aliphatic carbocycles. The lowest BCUT2D eigenvalue weighted by Crippen LogP contribution is -2.17. The van der Waals surface area contributed by atoms with Crippen LogP contribution in [-0.2, 0) is 0 Å². The summed E-state index contributed by atoms with van der Waals surface area (Å²) in [6.45, 7) is 6.01. The molecule has 3 heteroatoms. The Morgan fingerprint density at radius 1 is 1.31 bits per heavy atom. The van der Waals surface area contributed by atoms with E-state index in [1.807, 2.05) is 39.0 Å². The van der Waals surface area contributed by atoms with Crippen LogP contribution in [0.1, 0.15) is 29.8 Å². The van der Waals surface area contributed by atoms with Crippen molar-refractivity contribution >= 4 is 16.8 Å². The molecule has 0 unspecified atom stereocenters. The molecule has 1 amide bonds. The minimum absolute atomic E-state index is 0.0538. The highest BCUT2D eigenvalue weighted by molar-refractivity contribution is 6.06. The standard InChI is InChI=1S/C11H12N2O.C2H6/c1-7-3-4-10-8(5-7)9(6-13-10)11(14)12-2;1-2/h3-6,13H,1-2H3,(H,12,14);1-2H3. The van der Waals surface area contributed by atoms with E-state index in [-0.39, 0.29) is 5.91 Å². The van der Waals surface area contributed by atoms with Crippen molar-refractivity contribution in [3.63, 3.8) is 0 Å². The predicted octanol–water partition coefficient (Wildman–Crippen LogP) is 2.86. The normalized spacial score (nSPS) is 9.50. The Balaban J connectivity index is 0.000000606. The van der Waals surface area contributed by atoms with Gasteiger partial charge in [-0.05, 0) is 19.1 Å². The van der Waals surface area contributed by atoms with Gasteiger partial charge in [-0.25, -0.2) is 0 Å². The van der Waals surface area contributed by atoms with Gasteiger partial charge in [0, 0.05) is 24.1 Å². The molecule has 0 fully saturated rings. The Labute approximate surface area is 95.9 Å². The number of nitrogens with one attached hydrogen (secondary N) is 2. The minimum Gasteiger partial charge on any atom is -0.360 e. The molecule has 0 aliphatic heterocycles. The van der Waals surface area contributed by atoms with E-state index in [1.165, 1.54) is 0 Å². The number of carbonyl (C=O) groups is 1. The Morgan fingerprint density at radius 3 is 2.62 bits per heavy atom. The highest BCUT2D eigenvalue weighted by Gasteiger charge is 2.09. The number of aromatic amines is 1. The molecule has 0 atom stereocenters. The third kappa shape index (κ3) is 2.24. The summed E-state index contributed by atoms with van der Waals surface area (Å²) in [7, 11) is 1.64. The van der Waals surface area contributed by atoms with Crippen molar-refractivity contribution in [2.45, 2.75) is 20.8 Å². The van der Waals surface area contributed by atoms with E-state index < -0.39 is 0 Å². The molecule has 0 saturated carbocycles. The van der Waals surface area contributed by atoms with Crippen LogP contribution in [0.3, 0.4) is 0 Å². The smallest absolute Gasteiger partial charge is 0.253 e. The highest BCUT2D eigenvalue weighted by atomic mass is 16.1. The molecule has 1 aromatic carbocycles. The molecule has 0 saturated heterocycles. The van der Waals surface area contributed by atoms with Gasteiger partial charge in [0.05, 0.1) is 5.56 Å². The summed E-state index contributed by atoms with van der Waals surface area (Å²) >= 11 is 0. The van der Waals surface area contributed by atoms with Gasteiger partial charge in [0.15, 0.2) is 0 Å². The number of fused-ring (bicyclic) bond motifs is 1. The summed E-state index contributed by atoms with van der Waals surface area (Å²) in [5.74, 6) is -0.0538. The zero-order chi connectivity index (χ0) is 12.1. The average molecular weight is 218 g/mol. The van der Waals surface area contributed by atoms with Crippen molar-refractivity contribution in [1.29, 1.82) is 0 Å². The van der Waals surface area contributed by atoms with Crippen molar-refractivity contribution in [2.24, 2.45) is 0 Å². The first-order valence-corrected chi connectivity index (χ1v) is 5.52. The summed E-state index contributed by atoms with van der Waals surface area (Å²) in [4.78, 5) is 14.5. The Kier molecular flexibility index (Phi) is 4.11. The van der Waals surface area contributed by atoms with Crippen LogP contribution in [0.5, 0.6) is 0 Å². The first-order chi connectivity index (χ1) is 7.72. The van der Waals surface area contributed by atoms with Gasteiger partial charge in [0.1, 0.15) is 0 Å². The first-order valence-electron chi connectivity index (χ1n) is 5.52. The van der Waals surface area contributed by atoms with E-state index in [0.29, 0.717) is 5.56 Å². The van der Waals surface area contributed by atoms with E-state index in [4.69, 9.17) is 0 Å². The second kappa shape index (κ2) is 5.35. The molecule has 86 valence electrons. The van der Waals surface area contributed by atoms with Crippen molar-refractivity contribution in [2.75, 3.05) is 7.05 Å². The molecule has 0 aliphatic rings. The molecule has 2 rings (SSSR count). The van der Waals surface area contributed by atoms with E-state index in [1.54, 1.807) is 13.2 Å². The van der Waals surface area contributed by atoms with Gasteiger partial charge in [-0.2, -0.15) is 0 Å². The van der Waals surface area contributed by atoms with Crippen LogP contribution < -0.4 is 5.32 Å². The maximum absolute atomic E-state index is 11.5. The molecule has 3 nitrogen and oxygen atoms in total. The van der Waals surface area contributed by atoms with Gasteiger partial charge in [-0.3, -0.25) is 4.79 Å². The molecule has 16 heavy (non-hydrogen) atoms. The van der Waals surface area contributed by atoms with Crippen LogP contribution in [-0.4, -0.2) is 17.9 Å². The van der Waals surface area contributed by atoms with Crippen LogP contribution in [0.2, 0.25) is 0 Å². The second-order valence-electron chi connectivity index (χ2n) is 3.33. The van der Waals surface area contributed by atoms with Gasteiger partial charge in [0.2, 0.25) is 0 Å². The third-order valence-corrected chi connectivity index (χ3v) is 2.31. The summed E-state index contributed by atoms with van der Waals surface area (Å²) in [6, 6.07) is 6.01. The number of H-pyrrole nitrogens is 1. The summed E-state index contributed by atoms with van der Waals surface area (Å²) < 4.78 is 0. The van der Waals surface area contributed by atoms with Gasteiger partial charge in [0.25, 0.3) is 5.91 Å². The number of rotatable bonds is 1. The molecular weight excluding hydrogens is 200 g/mol. The van der Waals surface area contributed by atoms with Crippen molar-refractivity contribution < 1.29 is 4.79 Å². The lowest BCUT2D eigenvalue weighted by Gasteiger charge is -1.97. The molecule has 1 aromatic heterocycles. The quantitative estimate of drug-likeness (QED) is 0.759. The molecule has 2 aromatic rings. The van der Waals surface area contributed by atoms with E-state index in [0.717, 1.165) is 16.5 Å². The fourth-order valence-electron chi connectivity index (χ4n) is 1.56. The van der Waals surface area contributed by atoms with Crippen LogP contribution in [0, 0.1) is 6.92 Å². The monoisotopic (exact) mass is 218 g/mol. The first kappa shape index (κ1) is 12.3. The molecule has 0 radical (unpaired) electrons. The molecule has 2 N–H and O–H groups in total. The van der Waals surface area contributed by atoms with Gasteiger partial charge in [-0.15, -0.1) is 0 Å². The Bertz CT molecular complexity index is 486. The maximum Gasteiger partial charge on any atom is 0.253 e. The predicted molar refractivity (Wildman–Crippen MR) is 67.8 cm³/mol. The molecule has 0 spiro atoms. The van der Waals surface area contributed by atoms with Crippen LogP contribution >= 0.6 is 0 Å². The van der Waals surface area contributed by atoms with Gasteiger partial charge in [-0.1, -0.05) is 25.5 Å². The zero-order valence-electron chi connectivity index (χ0n) is 10.2. The summed E-state index contributed by atoms with van der Waals surface area (Å²) in [6.07, 6.45) is 1.74. The zero-order valence-corrected chi connectivity index (χ0v) is 10.2. The van der Waals surface area contributed by atoms with Crippen molar-refractivity contribution in [3.8, 4) is 0 Å². The van der Waals surface area contributed by atoms with Crippen LogP contribution in [0.25, 0.3) is 10.9 Å². The number of benzene rings is 1. The SMILES string of the molecule is CC.CNC(=O)c1c[nH]c2ccc(C)cc12. The third-order valence-electron chi connectivity index (χ3n) is 2.31. The number of carbonyl (C=O) groups excluding carboxylic acids is 1. The number of aromatic nitrogens is 1. The fourth-order valence-corrected chi connectivity index (χ4v) is 1.56. The summed E-state index contributed by atoms with van der Waals surface area (Å²) in [5.41, 5.74) is 2.85. The van der Waals surface area contributed by atoms with Gasteiger partial charge >= 0.3 is 0 Å². The average Bonchev–Trinajstić information content (AvgIpc) is 2.73.